The molecule has 1 fully saturated rings. The minimum atomic E-state index is -0.342. The minimum absolute atomic E-state index is 0.104. The van der Waals surface area contributed by atoms with Gasteiger partial charge in [-0.05, 0) is 57.1 Å². The van der Waals surface area contributed by atoms with Crippen LogP contribution in [0, 0.1) is 11.7 Å². The number of nitrogens with two attached hydrogens (primary N) is 1. The van der Waals surface area contributed by atoms with Gasteiger partial charge in [0.1, 0.15) is 10.8 Å². The van der Waals surface area contributed by atoms with Gasteiger partial charge in [0, 0.05) is 24.8 Å². The molecule has 1 heterocycles. The molecule has 1 aromatic rings. The Balaban J connectivity index is 2.00. The standard InChI is InChI=1S/C15H22FN3S/c1-18-7-5-11(6-8-18)10-19(2)12-3-4-13(15(17)20)14(16)9-12/h3-4,9,11H,5-8,10H2,1-2H3,(H2,17,20). The molecule has 0 aliphatic carbocycles. The summed E-state index contributed by atoms with van der Waals surface area (Å²) in [5.41, 5.74) is 6.67. The number of nitrogens with zero attached hydrogens (tertiary/aromatic N) is 2. The molecule has 1 aromatic carbocycles. The zero-order chi connectivity index (χ0) is 14.7. The van der Waals surface area contributed by atoms with Crippen molar-refractivity contribution in [3.05, 3.63) is 29.6 Å². The molecule has 1 aliphatic heterocycles. The van der Waals surface area contributed by atoms with Gasteiger partial charge in [-0.3, -0.25) is 0 Å². The second kappa shape index (κ2) is 6.50. The molecular formula is C15H22FN3S. The SMILES string of the molecule is CN1CCC(CN(C)c2ccc(C(N)=S)c(F)c2)CC1. The van der Waals surface area contributed by atoms with Gasteiger partial charge in [0.15, 0.2) is 0 Å². The highest BCUT2D eigenvalue weighted by molar-refractivity contribution is 7.80. The van der Waals surface area contributed by atoms with Gasteiger partial charge in [-0.1, -0.05) is 12.2 Å². The van der Waals surface area contributed by atoms with Crippen LogP contribution >= 0.6 is 12.2 Å². The van der Waals surface area contributed by atoms with Crippen molar-refractivity contribution < 1.29 is 4.39 Å². The van der Waals surface area contributed by atoms with Crippen LogP contribution in [0.4, 0.5) is 10.1 Å². The Bertz CT molecular complexity index is 484. The lowest BCUT2D eigenvalue weighted by Crippen LogP contribution is -2.35. The molecular weight excluding hydrogens is 273 g/mol. The summed E-state index contributed by atoms with van der Waals surface area (Å²) >= 11 is 4.82. The van der Waals surface area contributed by atoms with Gasteiger partial charge in [-0.25, -0.2) is 4.39 Å². The van der Waals surface area contributed by atoms with Crippen LogP contribution in [0.5, 0.6) is 0 Å². The molecule has 0 saturated carbocycles. The van der Waals surface area contributed by atoms with Crippen LogP contribution in [-0.2, 0) is 0 Å². The van der Waals surface area contributed by atoms with Gasteiger partial charge in [0.2, 0.25) is 0 Å². The van der Waals surface area contributed by atoms with E-state index in [0.717, 1.165) is 25.3 Å². The highest BCUT2D eigenvalue weighted by Crippen LogP contribution is 2.22. The van der Waals surface area contributed by atoms with Gasteiger partial charge in [-0.15, -0.1) is 0 Å². The van der Waals surface area contributed by atoms with Gasteiger partial charge >= 0.3 is 0 Å². The Kier molecular flexibility index (Phi) is 4.94. The predicted molar refractivity (Wildman–Crippen MR) is 85.8 cm³/mol. The fourth-order valence-corrected chi connectivity index (χ4v) is 2.84. The summed E-state index contributed by atoms with van der Waals surface area (Å²) in [6.45, 7) is 3.25. The Hall–Kier alpha value is -1.20. The van der Waals surface area contributed by atoms with Crippen LogP contribution < -0.4 is 10.6 Å². The third-order valence-electron chi connectivity index (χ3n) is 4.03. The van der Waals surface area contributed by atoms with Crippen LogP contribution in [0.2, 0.25) is 0 Å². The van der Waals surface area contributed by atoms with E-state index in [4.69, 9.17) is 18.0 Å². The maximum absolute atomic E-state index is 13.9. The van der Waals surface area contributed by atoms with E-state index in [1.54, 1.807) is 6.07 Å². The Morgan fingerprint density at radius 1 is 1.45 bits per heavy atom. The zero-order valence-corrected chi connectivity index (χ0v) is 12.9. The first-order valence-corrected chi connectivity index (χ1v) is 7.37. The third kappa shape index (κ3) is 3.67. The van der Waals surface area contributed by atoms with Crippen molar-refractivity contribution in [1.82, 2.24) is 4.90 Å². The Morgan fingerprint density at radius 3 is 2.65 bits per heavy atom. The van der Waals surface area contributed by atoms with E-state index in [-0.39, 0.29) is 10.8 Å². The van der Waals surface area contributed by atoms with E-state index < -0.39 is 0 Å². The maximum atomic E-state index is 13.9. The highest BCUT2D eigenvalue weighted by Gasteiger charge is 2.18. The minimum Gasteiger partial charge on any atom is -0.389 e. The fourth-order valence-electron chi connectivity index (χ4n) is 2.68. The maximum Gasteiger partial charge on any atom is 0.135 e. The molecule has 0 bridgehead atoms. The van der Waals surface area contributed by atoms with E-state index in [1.165, 1.54) is 18.9 Å². The molecule has 0 spiro atoms. The second-order valence-corrected chi connectivity index (χ2v) is 6.10. The lowest BCUT2D eigenvalue weighted by Gasteiger charge is -2.32. The molecule has 0 atom stereocenters. The number of rotatable bonds is 4. The molecule has 5 heteroatoms. The van der Waals surface area contributed by atoms with Crippen LogP contribution in [0.15, 0.2) is 18.2 Å². The summed E-state index contributed by atoms with van der Waals surface area (Å²) < 4.78 is 13.9. The first kappa shape index (κ1) is 15.2. The third-order valence-corrected chi connectivity index (χ3v) is 4.25. The van der Waals surface area contributed by atoms with Crippen LogP contribution in [0.1, 0.15) is 18.4 Å². The van der Waals surface area contributed by atoms with Crippen molar-refractivity contribution >= 4 is 22.9 Å². The van der Waals surface area contributed by atoms with Crippen molar-refractivity contribution in [2.75, 3.05) is 38.6 Å². The summed E-state index contributed by atoms with van der Waals surface area (Å²) in [4.78, 5) is 4.57. The quantitative estimate of drug-likeness (QED) is 0.864. The summed E-state index contributed by atoms with van der Waals surface area (Å²) in [5.74, 6) is 0.333. The van der Waals surface area contributed by atoms with Crippen LogP contribution in [-0.4, -0.2) is 43.6 Å². The van der Waals surface area contributed by atoms with Crippen molar-refractivity contribution in [3.63, 3.8) is 0 Å². The Labute approximate surface area is 125 Å². The summed E-state index contributed by atoms with van der Waals surface area (Å²) in [6.07, 6.45) is 2.41. The van der Waals surface area contributed by atoms with E-state index in [9.17, 15) is 4.39 Å². The molecule has 0 unspecified atom stereocenters. The highest BCUT2D eigenvalue weighted by atomic mass is 32.1. The van der Waals surface area contributed by atoms with Crippen molar-refractivity contribution in [3.8, 4) is 0 Å². The number of piperidine rings is 1. The normalized spacial score (nSPS) is 17.1. The summed E-state index contributed by atoms with van der Waals surface area (Å²) in [5, 5.41) is 0. The number of hydrogen-bond donors (Lipinski definition) is 1. The molecule has 0 radical (unpaired) electrons. The number of likely N-dealkylation sites (tertiary alicyclic amines) is 1. The van der Waals surface area contributed by atoms with E-state index in [0.29, 0.717) is 11.5 Å². The lowest BCUT2D eigenvalue weighted by molar-refractivity contribution is 0.222. The second-order valence-electron chi connectivity index (χ2n) is 5.66. The molecule has 0 amide bonds. The van der Waals surface area contributed by atoms with Gasteiger partial charge in [0.25, 0.3) is 0 Å². The number of benzene rings is 1. The molecule has 1 saturated heterocycles. The summed E-state index contributed by atoms with van der Waals surface area (Å²) in [7, 11) is 4.16. The molecule has 110 valence electrons. The largest absolute Gasteiger partial charge is 0.389 e. The topological polar surface area (TPSA) is 32.5 Å². The Morgan fingerprint density at radius 2 is 2.10 bits per heavy atom. The van der Waals surface area contributed by atoms with E-state index in [1.807, 2.05) is 13.1 Å². The predicted octanol–water partition coefficient (Wildman–Crippen LogP) is 2.24. The van der Waals surface area contributed by atoms with Crippen LogP contribution in [0.3, 0.4) is 0 Å². The van der Waals surface area contributed by atoms with Crippen molar-refractivity contribution in [1.29, 1.82) is 0 Å². The molecule has 0 aromatic heterocycles. The average Bonchev–Trinajstić information content (AvgIpc) is 2.40. The number of halogens is 1. The monoisotopic (exact) mass is 295 g/mol. The molecule has 3 nitrogen and oxygen atoms in total. The van der Waals surface area contributed by atoms with E-state index >= 15 is 0 Å². The fraction of sp³-hybridized carbons (Fsp3) is 0.533. The van der Waals surface area contributed by atoms with E-state index in [2.05, 4.69) is 16.8 Å². The molecule has 1 aliphatic rings. The van der Waals surface area contributed by atoms with Gasteiger partial charge < -0.3 is 15.5 Å². The molecule has 2 rings (SSSR count). The average molecular weight is 295 g/mol. The number of hydrogen-bond acceptors (Lipinski definition) is 3. The lowest BCUT2D eigenvalue weighted by atomic mass is 9.96. The number of thiocarbonyl (C=S) groups is 1. The van der Waals surface area contributed by atoms with Crippen molar-refractivity contribution in [2.24, 2.45) is 11.7 Å². The molecule has 20 heavy (non-hydrogen) atoms. The molecule has 2 N–H and O–H groups in total. The zero-order valence-electron chi connectivity index (χ0n) is 12.1. The first-order chi connectivity index (χ1) is 9.47. The number of anilines is 1. The van der Waals surface area contributed by atoms with Crippen LogP contribution in [0.25, 0.3) is 0 Å². The van der Waals surface area contributed by atoms with Gasteiger partial charge in [-0.2, -0.15) is 0 Å². The van der Waals surface area contributed by atoms with Crippen molar-refractivity contribution in [2.45, 2.75) is 12.8 Å². The first-order valence-electron chi connectivity index (χ1n) is 6.96. The summed E-state index contributed by atoms with van der Waals surface area (Å²) in [6, 6.07) is 5.06. The van der Waals surface area contributed by atoms with Gasteiger partial charge in [0.05, 0.1) is 0 Å². The smallest absolute Gasteiger partial charge is 0.135 e.